The molecule has 1 fully saturated rings. The number of nitrogens with one attached hydrogen (secondary N) is 1. The lowest BCUT2D eigenvalue weighted by Gasteiger charge is -2.35. The number of thiophene rings is 1. The van der Waals surface area contributed by atoms with Crippen LogP contribution in [-0.4, -0.2) is 79.6 Å². The van der Waals surface area contributed by atoms with E-state index in [0.29, 0.717) is 26.2 Å². The molecule has 0 bridgehead atoms. The monoisotopic (exact) mass is 532 g/mol. The van der Waals surface area contributed by atoms with E-state index in [9.17, 15) is 9.59 Å². The van der Waals surface area contributed by atoms with Crippen molar-refractivity contribution in [1.82, 2.24) is 14.7 Å². The Kier molecular flexibility index (Phi) is 9.95. The van der Waals surface area contributed by atoms with Crippen LogP contribution in [0.5, 0.6) is 5.75 Å². The number of aryl methyl sites for hydroxylation is 1. The third kappa shape index (κ3) is 7.46. The molecule has 3 amide bonds. The Morgan fingerprint density at radius 1 is 1.03 bits per heavy atom. The summed E-state index contributed by atoms with van der Waals surface area (Å²) in [6.45, 7) is 6.87. The topological polar surface area (TPSA) is 65.1 Å². The van der Waals surface area contributed by atoms with Crippen LogP contribution in [0.25, 0.3) is 6.08 Å². The lowest BCUT2D eigenvalue weighted by atomic mass is 10.1. The van der Waals surface area contributed by atoms with Gasteiger partial charge in [-0.15, -0.1) is 11.3 Å². The molecule has 8 heteroatoms. The van der Waals surface area contributed by atoms with Crippen molar-refractivity contribution in [3.63, 3.8) is 0 Å². The molecule has 1 aliphatic rings. The SMILES string of the molecule is CCc1ccc(NC(=O)N2CCN(CCN(CC=Cc3ccccc3OC)C(=O)c3cccs3)CC2)cc1. The molecule has 0 unspecified atom stereocenters. The first-order chi connectivity index (χ1) is 18.6. The van der Waals surface area contributed by atoms with E-state index in [2.05, 4.69) is 17.1 Å². The number of urea groups is 1. The number of carbonyl (C=O) groups excluding carboxylic acids is 2. The molecule has 1 aromatic heterocycles. The molecule has 1 aliphatic heterocycles. The van der Waals surface area contributed by atoms with Gasteiger partial charge in [0.1, 0.15) is 5.75 Å². The molecular formula is C30H36N4O3S. The van der Waals surface area contributed by atoms with Crippen molar-refractivity contribution >= 4 is 35.0 Å². The highest BCUT2D eigenvalue weighted by atomic mass is 32.1. The van der Waals surface area contributed by atoms with E-state index < -0.39 is 0 Å². The van der Waals surface area contributed by atoms with Gasteiger partial charge in [0.15, 0.2) is 0 Å². The van der Waals surface area contributed by atoms with Gasteiger partial charge in [-0.1, -0.05) is 55.5 Å². The number of carbonyl (C=O) groups is 2. The van der Waals surface area contributed by atoms with E-state index in [1.165, 1.54) is 16.9 Å². The van der Waals surface area contributed by atoms with Crippen LogP contribution in [0.1, 0.15) is 27.7 Å². The van der Waals surface area contributed by atoms with Gasteiger partial charge in [0.25, 0.3) is 5.91 Å². The summed E-state index contributed by atoms with van der Waals surface area (Å²) >= 11 is 1.46. The van der Waals surface area contributed by atoms with Gasteiger partial charge in [-0.05, 0) is 41.6 Å². The van der Waals surface area contributed by atoms with Gasteiger partial charge in [0, 0.05) is 57.1 Å². The highest BCUT2D eigenvalue weighted by Gasteiger charge is 2.23. The first kappa shape index (κ1) is 27.4. The minimum Gasteiger partial charge on any atom is -0.496 e. The number of piperazine rings is 1. The van der Waals surface area contributed by atoms with Crippen LogP contribution in [0, 0.1) is 0 Å². The predicted molar refractivity (Wildman–Crippen MR) is 155 cm³/mol. The molecule has 200 valence electrons. The maximum atomic E-state index is 13.2. The molecule has 1 saturated heterocycles. The highest BCUT2D eigenvalue weighted by Crippen LogP contribution is 2.19. The van der Waals surface area contributed by atoms with Crippen molar-refractivity contribution in [1.29, 1.82) is 0 Å². The van der Waals surface area contributed by atoms with Crippen molar-refractivity contribution in [3.05, 3.63) is 88.1 Å². The number of ether oxygens (including phenoxy) is 1. The van der Waals surface area contributed by atoms with Gasteiger partial charge in [0.05, 0.1) is 12.0 Å². The first-order valence-electron chi connectivity index (χ1n) is 13.1. The maximum absolute atomic E-state index is 13.2. The second-order valence-electron chi connectivity index (χ2n) is 9.18. The summed E-state index contributed by atoms with van der Waals surface area (Å²) in [4.78, 5) is 32.7. The zero-order valence-corrected chi connectivity index (χ0v) is 23.0. The average Bonchev–Trinajstić information content (AvgIpc) is 3.50. The van der Waals surface area contributed by atoms with Gasteiger partial charge >= 0.3 is 6.03 Å². The standard InChI is InChI=1S/C30H36N4O3S/c1-3-24-12-14-26(15-13-24)31-30(36)34-21-18-32(19-22-34)17-20-33(29(35)28-11-7-23-38-28)16-6-9-25-8-4-5-10-27(25)37-2/h4-15,23H,3,16-22H2,1-2H3,(H,31,36). The van der Waals surface area contributed by atoms with Gasteiger partial charge < -0.3 is 19.9 Å². The van der Waals surface area contributed by atoms with Crippen LogP contribution in [0.3, 0.4) is 0 Å². The molecule has 7 nitrogen and oxygen atoms in total. The van der Waals surface area contributed by atoms with E-state index in [1.54, 1.807) is 7.11 Å². The number of anilines is 1. The van der Waals surface area contributed by atoms with Crippen LogP contribution in [0.4, 0.5) is 10.5 Å². The van der Waals surface area contributed by atoms with Crippen molar-refractivity contribution in [2.24, 2.45) is 0 Å². The summed E-state index contributed by atoms with van der Waals surface area (Å²) in [5.41, 5.74) is 3.05. The lowest BCUT2D eigenvalue weighted by molar-refractivity contribution is 0.0744. The van der Waals surface area contributed by atoms with Crippen LogP contribution >= 0.6 is 11.3 Å². The van der Waals surface area contributed by atoms with Crippen molar-refractivity contribution in [2.45, 2.75) is 13.3 Å². The molecule has 4 rings (SSSR count). The van der Waals surface area contributed by atoms with E-state index in [1.807, 2.05) is 88.0 Å². The largest absolute Gasteiger partial charge is 0.496 e. The smallest absolute Gasteiger partial charge is 0.321 e. The number of rotatable bonds is 10. The molecule has 0 saturated carbocycles. The van der Waals surface area contributed by atoms with Crippen molar-refractivity contribution in [3.8, 4) is 5.75 Å². The number of hydrogen-bond acceptors (Lipinski definition) is 5. The summed E-state index contributed by atoms with van der Waals surface area (Å²) in [6, 6.07) is 19.5. The maximum Gasteiger partial charge on any atom is 0.321 e. The summed E-state index contributed by atoms with van der Waals surface area (Å²) in [6.07, 6.45) is 4.99. The van der Waals surface area contributed by atoms with Crippen molar-refractivity contribution < 1.29 is 14.3 Å². The second kappa shape index (κ2) is 13.8. The molecule has 1 N–H and O–H groups in total. The van der Waals surface area contributed by atoms with Gasteiger partial charge in [-0.25, -0.2) is 4.79 Å². The number of hydrogen-bond donors (Lipinski definition) is 1. The Balaban J connectivity index is 1.29. The molecule has 0 aliphatic carbocycles. The minimum absolute atomic E-state index is 0.0387. The normalized spacial score (nSPS) is 14.0. The van der Waals surface area contributed by atoms with Crippen LogP contribution in [0.2, 0.25) is 0 Å². The molecule has 0 atom stereocenters. The van der Waals surface area contributed by atoms with E-state index in [-0.39, 0.29) is 11.9 Å². The molecule has 0 spiro atoms. The van der Waals surface area contributed by atoms with Crippen LogP contribution < -0.4 is 10.1 Å². The van der Waals surface area contributed by atoms with E-state index in [4.69, 9.17) is 4.74 Å². The lowest BCUT2D eigenvalue weighted by Crippen LogP contribution is -2.51. The molecular weight excluding hydrogens is 496 g/mol. The predicted octanol–water partition coefficient (Wildman–Crippen LogP) is 5.32. The Labute approximate surface area is 229 Å². The van der Waals surface area contributed by atoms with E-state index in [0.717, 1.165) is 47.9 Å². The fourth-order valence-corrected chi connectivity index (χ4v) is 5.10. The first-order valence-corrected chi connectivity index (χ1v) is 13.9. The number of para-hydroxylation sites is 1. The third-order valence-electron chi connectivity index (χ3n) is 6.74. The van der Waals surface area contributed by atoms with Gasteiger partial charge in [-0.2, -0.15) is 0 Å². The highest BCUT2D eigenvalue weighted by molar-refractivity contribution is 7.12. The Bertz CT molecular complexity index is 1200. The second-order valence-corrected chi connectivity index (χ2v) is 10.1. The van der Waals surface area contributed by atoms with Crippen molar-refractivity contribution in [2.75, 3.05) is 58.2 Å². The summed E-state index contributed by atoms with van der Waals surface area (Å²) < 4.78 is 5.43. The third-order valence-corrected chi connectivity index (χ3v) is 7.60. The Morgan fingerprint density at radius 3 is 2.47 bits per heavy atom. The Hall–Kier alpha value is -3.62. The van der Waals surface area contributed by atoms with Gasteiger partial charge in [0.2, 0.25) is 0 Å². The number of amides is 3. The minimum atomic E-state index is -0.0649. The van der Waals surface area contributed by atoms with Crippen LogP contribution in [0.15, 0.2) is 72.1 Å². The number of nitrogens with zero attached hydrogens (tertiary/aromatic N) is 3. The fraction of sp³-hybridized carbons (Fsp3) is 0.333. The molecule has 2 heterocycles. The van der Waals surface area contributed by atoms with Crippen LogP contribution in [-0.2, 0) is 6.42 Å². The van der Waals surface area contributed by atoms with E-state index >= 15 is 0 Å². The zero-order valence-electron chi connectivity index (χ0n) is 22.1. The zero-order chi connectivity index (χ0) is 26.7. The fourth-order valence-electron chi connectivity index (χ4n) is 4.41. The van der Waals surface area contributed by atoms with Gasteiger partial charge in [-0.3, -0.25) is 9.69 Å². The quantitative estimate of drug-likeness (QED) is 0.384. The number of methoxy groups -OCH3 is 1. The number of benzene rings is 2. The molecule has 0 radical (unpaired) electrons. The Morgan fingerprint density at radius 2 is 1.79 bits per heavy atom. The molecule has 2 aromatic carbocycles. The summed E-state index contributed by atoms with van der Waals surface area (Å²) in [5, 5.41) is 4.93. The summed E-state index contributed by atoms with van der Waals surface area (Å²) in [5.74, 6) is 0.844. The molecule has 3 aromatic rings. The molecule has 38 heavy (non-hydrogen) atoms. The average molecular weight is 533 g/mol. The summed E-state index contributed by atoms with van der Waals surface area (Å²) in [7, 11) is 1.66.